The average molecular weight is 532 g/mol. The van der Waals surface area contributed by atoms with E-state index in [1.54, 1.807) is 18.7 Å². The summed E-state index contributed by atoms with van der Waals surface area (Å²) in [6, 6.07) is 19.8. The lowest BCUT2D eigenvalue weighted by Gasteiger charge is -2.35. The second kappa shape index (κ2) is 12.4. The highest BCUT2D eigenvalue weighted by Crippen LogP contribution is 2.28. The smallest absolute Gasteiger partial charge is 0.251 e. The van der Waals surface area contributed by atoms with Gasteiger partial charge >= 0.3 is 0 Å². The van der Waals surface area contributed by atoms with Crippen LogP contribution in [0.1, 0.15) is 35.7 Å². The van der Waals surface area contributed by atoms with E-state index < -0.39 is 0 Å². The zero-order chi connectivity index (χ0) is 26.3. The minimum absolute atomic E-state index is 0.0818. The summed E-state index contributed by atoms with van der Waals surface area (Å²) in [4.78, 5) is 38.3. The highest BCUT2D eigenvalue weighted by atomic mass is 32.2. The SMILES string of the molecule is CC(=O)N1CCN(c2cc(-c3ccccc3)nc(SCc3cccc(C(=O)NCC4CCCO4)c3)n2)CC1. The van der Waals surface area contributed by atoms with Gasteiger partial charge in [-0.05, 0) is 30.5 Å². The van der Waals surface area contributed by atoms with Gasteiger partial charge in [-0.15, -0.1) is 0 Å². The molecule has 5 rings (SSSR count). The number of hydrogen-bond acceptors (Lipinski definition) is 7. The molecule has 2 aliphatic heterocycles. The number of benzene rings is 2. The Morgan fingerprint density at radius 3 is 2.58 bits per heavy atom. The maximum Gasteiger partial charge on any atom is 0.251 e. The number of ether oxygens (including phenoxy) is 1. The van der Waals surface area contributed by atoms with E-state index >= 15 is 0 Å². The molecule has 3 aromatic rings. The Bertz CT molecular complexity index is 1260. The average Bonchev–Trinajstić information content (AvgIpc) is 3.49. The van der Waals surface area contributed by atoms with E-state index in [0.29, 0.717) is 36.1 Å². The molecule has 1 atom stereocenters. The van der Waals surface area contributed by atoms with Crippen LogP contribution in [0, 0.1) is 0 Å². The zero-order valence-corrected chi connectivity index (χ0v) is 22.5. The number of hydrogen-bond donors (Lipinski definition) is 1. The van der Waals surface area contributed by atoms with E-state index in [1.807, 2.05) is 65.6 Å². The van der Waals surface area contributed by atoms with Gasteiger partial charge in [0, 0.05) is 69.2 Å². The zero-order valence-electron chi connectivity index (χ0n) is 21.6. The number of amides is 2. The summed E-state index contributed by atoms with van der Waals surface area (Å²) in [6.45, 7) is 5.77. The van der Waals surface area contributed by atoms with Crippen LogP contribution in [0.15, 0.2) is 65.8 Å². The third-order valence-corrected chi connectivity index (χ3v) is 7.80. The Balaban J connectivity index is 1.29. The van der Waals surface area contributed by atoms with Gasteiger partial charge in [0.15, 0.2) is 5.16 Å². The molecule has 0 saturated carbocycles. The first-order chi connectivity index (χ1) is 18.5. The number of nitrogens with one attached hydrogen (secondary N) is 1. The first-order valence-electron chi connectivity index (χ1n) is 13.1. The van der Waals surface area contributed by atoms with Gasteiger partial charge in [-0.3, -0.25) is 9.59 Å². The van der Waals surface area contributed by atoms with Crippen LogP contribution < -0.4 is 10.2 Å². The molecule has 1 unspecified atom stereocenters. The molecule has 2 fully saturated rings. The van der Waals surface area contributed by atoms with Crippen molar-refractivity contribution < 1.29 is 14.3 Å². The normalized spacial score (nSPS) is 17.4. The van der Waals surface area contributed by atoms with E-state index in [1.165, 1.54) is 0 Å². The van der Waals surface area contributed by atoms with Gasteiger partial charge in [-0.1, -0.05) is 54.2 Å². The lowest BCUT2D eigenvalue weighted by atomic mass is 10.1. The van der Waals surface area contributed by atoms with Gasteiger partial charge in [0.05, 0.1) is 11.8 Å². The quantitative estimate of drug-likeness (QED) is 0.347. The third kappa shape index (κ3) is 6.71. The fraction of sp³-hybridized carbons (Fsp3) is 0.379. The Morgan fingerprint density at radius 2 is 1.84 bits per heavy atom. The van der Waals surface area contributed by atoms with Gasteiger partial charge in [0.1, 0.15) is 5.82 Å². The second-order valence-electron chi connectivity index (χ2n) is 9.59. The Labute approximate surface area is 227 Å². The second-order valence-corrected chi connectivity index (χ2v) is 10.5. The van der Waals surface area contributed by atoms with Gasteiger partial charge in [0.2, 0.25) is 5.91 Å². The first-order valence-corrected chi connectivity index (χ1v) is 14.1. The molecule has 3 heterocycles. The Hall–Kier alpha value is -3.43. The van der Waals surface area contributed by atoms with E-state index in [2.05, 4.69) is 10.2 Å². The van der Waals surface area contributed by atoms with Crippen molar-refractivity contribution in [1.82, 2.24) is 20.2 Å². The monoisotopic (exact) mass is 531 g/mol. The van der Waals surface area contributed by atoms with Crippen molar-refractivity contribution in [3.63, 3.8) is 0 Å². The molecule has 1 N–H and O–H groups in total. The van der Waals surface area contributed by atoms with Crippen molar-refractivity contribution in [3.8, 4) is 11.3 Å². The molecular weight excluding hydrogens is 498 g/mol. The summed E-state index contributed by atoms with van der Waals surface area (Å²) in [5.41, 5.74) is 3.58. The molecule has 198 valence electrons. The number of rotatable bonds is 8. The van der Waals surface area contributed by atoms with E-state index in [4.69, 9.17) is 14.7 Å². The summed E-state index contributed by atoms with van der Waals surface area (Å²) in [7, 11) is 0. The van der Waals surface area contributed by atoms with Crippen LogP contribution in [0.2, 0.25) is 0 Å². The molecule has 9 heteroatoms. The highest BCUT2D eigenvalue weighted by Gasteiger charge is 2.21. The lowest BCUT2D eigenvalue weighted by molar-refractivity contribution is -0.129. The van der Waals surface area contributed by atoms with Gasteiger partial charge in [-0.2, -0.15) is 0 Å². The van der Waals surface area contributed by atoms with Crippen molar-refractivity contribution in [1.29, 1.82) is 0 Å². The molecule has 2 saturated heterocycles. The Kier molecular flexibility index (Phi) is 8.55. The number of carbonyl (C=O) groups excluding carboxylic acids is 2. The number of nitrogens with zero attached hydrogens (tertiary/aromatic N) is 4. The molecule has 2 aliphatic rings. The molecule has 0 aliphatic carbocycles. The fourth-order valence-electron chi connectivity index (χ4n) is 4.71. The van der Waals surface area contributed by atoms with Crippen molar-refractivity contribution >= 4 is 29.4 Å². The maximum absolute atomic E-state index is 12.7. The standard InChI is InChI=1S/C29H33N5O3S/c1-21(35)33-12-14-34(15-13-33)27-18-26(23-8-3-2-4-9-23)31-29(32-27)38-20-22-7-5-10-24(17-22)28(36)30-19-25-11-6-16-37-25/h2-5,7-10,17-18,25H,6,11-16,19-20H2,1H3,(H,30,36). The van der Waals surface area contributed by atoms with Crippen molar-refractivity contribution in [2.75, 3.05) is 44.2 Å². The minimum Gasteiger partial charge on any atom is -0.376 e. The van der Waals surface area contributed by atoms with Crippen LogP contribution >= 0.6 is 11.8 Å². The van der Waals surface area contributed by atoms with Crippen molar-refractivity contribution in [2.45, 2.75) is 36.8 Å². The largest absolute Gasteiger partial charge is 0.376 e. The van der Waals surface area contributed by atoms with Crippen molar-refractivity contribution in [2.24, 2.45) is 0 Å². The number of carbonyl (C=O) groups is 2. The highest BCUT2D eigenvalue weighted by molar-refractivity contribution is 7.98. The van der Waals surface area contributed by atoms with Crippen LogP contribution in [0.3, 0.4) is 0 Å². The third-order valence-electron chi connectivity index (χ3n) is 6.88. The molecule has 8 nitrogen and oxygen atoms in total. The van der Waals surface area contributed by atoms with Crippen molar-refractivity contribution in [3.05, 3.63) is 71.8 Å². The fourth-order valence-corrected chi connectivity index (χ4v) is 5.51. The van der Waals surface area contributed by atoms with E-state index in [-0.39, 0.29) is 17.9 Å². The van der Waals surface area contributed by atoms with Gasteiger partial charge < -0.3 is 19.9 Å². The van der Waals surface area contributed by atoms with E-state index in [9.17, 15) is 9.59 Å². The van der Waals surface area contributed by atoms with Crippen LogP contribution in [-0.2, 0) is 15.3 Å². The molecule has 0 radical (unpaired) electrons. The topological polar surface area (TPSA) is 87.7 Å². The molecular formula is C29H33N5O3S. The molecule has 38 heavy (non-hydrogen) atoms. The summed E-state index contributed by atoms with van der Waals surface area (Å²) in [5, 5.41) is 3.68. The predicted octanol–water partition coefficient (Wildman–Crippen LogP) is 4.01. The molecule has 0 bridgehead atoms. The number of aromatic nitrogens is 2. The van der Waals surface area contributed by atoms with Crippen LogP contribution in [-0.4, -0.2) is 72.1 Å². The maximum atomic E-state index is 12.7. The predicted molar refractivity (Wildman–Crippen MR) is 149 cm³/mol. The number of thioether (sulfide) groups is 1. The molecule has 2 amide bonds. The van der Waals surface area contributed by atoms with Gasteiger partial charge in [-0.25, -0.2) is 9.97 Å². The summed E-state index contributed by atoms with van der Waals surface area (Å²) in [5.74, 6) is 1.53. The summed E-state index contributed by atoms with van der Waals surface area (Å²) >= 11 is 1.56. The summed E-state index contributed by atoms with van der Waals surface area (Å²) in [6.07, 6.45) is 2.16. The first kappa shape index (κ1) is 26.2. The van der Waals surface area contributed by atoms with Crippen LogP contribution in [0.4, 0.5) is 5.82 Å². The number of anilines is 1. The number of piperazine rings is 1. The molecule has 2 aromatic carbocycles. The van der Waals surface area contributed by atoms with Crippen LogP contribution in [0.25, 0.3) is 11.3 Å². The summed E-state index contributed by atoms with van der Waals surface area (Å²) < 4.78 is 5.61. The molecule has 0 spiro atoms. The van der Waals surface area contributed by atoms with Gasteiger partial charge in [0.25, 0.3) is 5.91 Å². The molecule has 1 aromatic heterocycles. The Morgan fingerprint density at radius 1 is 1.03 bits per heavy atom. The van der Waals surface area contributed by atoms with E-state index in [0.717, 1.165) is 55.2 Å². The lowest BCUT2D eigenvalue weighted by Crippen LogP contribution is -2.48. The minimum atomic E-state index is -0.0818. The van der Waals surface area contributed by atoms with Crippen LogP contribution in [0.5, 0.6) is 0 Å².